The molecule has 6 unspecified atom stereocenters. The Hall–Kier alpha value is -0.800. The SMILES string of the molecule is CCC1C=C(C)C(C)C(OC2C(C)C=COC2CC)O1. The number of hydrogen-bond donors (Lipinski definition) is 0. The molecule has 0 spiro atoms. The molecule has 0 amide bonds. The van der Waals surface area contributed by atoms with Gasteiger partial charge in [-0.2, -0.15) is 0 Å². The highest BCUT2D eigenvalue weighted by molar-refractivity contribution is 5.10. The van der Waals surface area contributed by atoms with Gasteiger partial charge in [-0.25, -0.2) is 0 Å². The van der Waals surface area contributed by atoms with Crippen LogP contribution in [0.4, 0.5) is 0 Å². The summed E-state index contributed by atoms with van der Waals surface area (Å²) in [5, 5.41) is 0. The van der Waals surface area contributed by atoms with E-state index in [4.69, 9.17) is 14.2 Å². The Morgan fingerprint density at radius 2 is 1.95 bits per heavy atom. The van der Waals surface area contributed by atoms with Crippen molar-refractivity contribution in [3.05, 3.63) is 24.0 Å². The smallest absolute Gasteiger partial charge is 0.165 e. The summed E-state index contributed by atoms with van der Waals surface area (Å²) in [6.07, 6.45) is 8.24. The molecule has 0 bridgehead atoms. The standard InChI is InChI=1S/C17H28O3/c1-6-14-10-12(4)13(5)17(19-14)20-16-11(3)8-9-18-15(16)7-2/h8-11,13-17H,6-7H2,1-5H3. The van der Waals surface area contributed by atoms with Crippen molar-refractivity contribution >= 4 is 0 Å². The highest BCUT2D eigenvalue weighted by Crippen LogP contribution is 2.32. The van der Waals surface area contributed by atoms with E-state index < -0.39 is 0 Å². The molecule has 114 valence electrons. The maximum Gasteiger partial charge on any atom is 0.165 e. The van der Waals surface area contributed by atoms with Crippen molar-refractivity contribution in [3.8, 4) is 0 Å². The molecule has 20 heavy (non-hydrogen) atoms. The first-order valence-corrected chi connectivity index (χ1v) is 7.88. The highest BCUT2D eigenvalue weighted by atomic mass is 16.7. The average Bonchev–Trinajstić information content (AvgIpc) is 2.45. The van der Waals surface area contributed by atoms with Crippen LogP contribution in [-0.4, -0.2) is 24.6 Å². The monoisotopic (exact) mass is 280 g/mol. The summed E-state index contributed by atoms with van der Waals surface area (Å²) < 4.78 is 18.1. The van der Waals surface area contributed by atoms with E-state index in [-0.39, 0.29) is 24.6 Å². The molecule has 0 N–H and O–H groups in total. The predicted octanol–water partition coefficient (Wildman–Crippen LogP) is 4.05. The van der Waals surface area contributed by atoms with Gasteiger partial charge in [-0.15, -0.1) is 0 Å². The minimum absolute atomic E-state index is 0.0702. The summed E-state index contributed by atoms with van der Waals surface area (Å²) in [6, 6.07) is 0. The van der Waals surface area contributed by atoms with Gasteiger partial charge in [0.1, 0.15) is 12.2 Å². The van der Waals surface area contributed by atoms with Crippen molar-refractivity contribution in [2.24, 2.45) is 11.8 Å². The van der Waals surface area contributed by atoms with Crippen LogP contribution in [0.25, 0.3) is 0 Å². The average molecular weight is 280 g/mol. The Labute approximate surface area is 123 Å². The fraction of sp³-hybridized carbons (Fsp3) is 0.765. The summed E-state index contributed by atoms with van der Waals surface area (Å²) in [5.74, 6) is 0.657. The lowest BCUT2D eigenvalue weighted by Crippen LogP contribution is -2.44. The summed E-state index contributed by atoms with van der Waals surface area (Å²) >= 11 is 0. The molecular formula is C17H28O3. The molecule has 0 saturated carbocycles. The van der Waals surface area contributed by atoms with Crippen LogP contribution < -0.4 is 0 Å². The number of ether oxygens (including phenoxy) is 3. The predicted molar refractivity (Wildman–Crippen MR) is 80.2 cm³/mol. The second kappa shape index (κ2) is 6.77. The Morgan fingerprint density at radius 3 is 2.60 bits per heavy atom. The first-order valence-electron chi connectivity index (χ1n) is 7.88. The Balaban J connectivity index is 2.08. The van der Waals surface area contributed by atoms with Gasteiger partial charge >= 0.3 is 0 Å². The van der Waals surface area contributed by atoms with E-state index in [2.05, 4.69) is 46.8 Å². The van der Waals surface area contributed by atoms with Crippen LogP contribution in [0.2, 0.25) is 0 Å². The lowest BCUT2D eigenvalue weighted by molar-refractivity contribution is -0.235. The van der Waals surface area contributed by atoms with Gasteiger partial charge in [0, 0.05) is 11.8 Å². The van der Waals surface area contributed by atoms with Crippen molar-refractivity contribution in [1.82, 2.24) is 0 Å². The third-order valence-electron chi connectivity index (χ3n) is 4.50. The molecule has 0 aliphatic carbocycles. The summed E-state index contributed by atoms with van der Waals surface area (Å²) in [5.41, 5.74) is 1.36. The molecule has 0 fully saturated rings. The molecule has 2 aliphatic heterocycles. The van der Waals surface area contributed by atoms with Crippen LogP contribution in [0.3, 0.4) is 0 Å². The molecule has 2 aliphatic rings. The van der Waals surface area contributed by atoms with Crippen LogP contribution in [0.15, 0.2) is 24.0 Å². The topological polar surface area (TPSA) is 27.7 Å². The van der Waals surface area contributed by atoms with E-state index >= 15 is 0 Å². The van der Waals surface area contributed by atoms with Gasteiger partial charge < -0.3 is 14.2 Å². The van der Waals surface area contributed by atoms with E-state index in [0.29, 0.717) is 11.8 Å². The van der Waals surface area contributed by atoms with Gasteiger partial charge in [0.15, 0.2) is 6.29 Å². The van der Waals surface area contributed by atoms with E-state index in [9.17, 15) is 0 Å². The molecule has 3 nitrogen and oxygen atoms in total. The first-order chi connectivity index (χ1) is 9.56. The van der Waals surface area contributed by atoms with E-state index in [1.165, 1.54) is 5.57 Å². The molecule has 0 saturated heterocycles. The zero-order chi connectivity index (χ0) is 14.7. The van der Waals surface area contributed by atoms with Crippen molar-refractivity contribution in [2.45, 2.75) is 72.1 Å². The van der Waals surface area contributed by atoms with Crippen LogP contribution in [0.1, 0.15) is 47.5 Å². The zero-order valence-electron chi connectivity index (χ0n) is 13.3. The van der Waals surface area contributed by atoms with E-state index in [1.54, 1.807) is 0 Å². The van der Waals surface area contributed by atoms with Crippen LogP contribution in [0.5, 0.6) is 0 Å². The maximum absolute atomic E-state index is 6.32. The molecular weight excluding hydrogens is 252 g/mol. The molecule has 6 atom stereocenters. The van der Waals surface area contributed by atoms with Crippen molar-refractivity contribution < 1.29 is 14.2 Å². The Kier molecular flexibility index (Phi) is 5.28. The maximum atomic E-state index is 6.32. The lowest BCUT2D eigenvalue weighted by atomic mass is 9.94. The number of hydrogen-bond acceptors (Lipinski definition) is 3. The van der Waals surface area contributed by atoms with Gasteiger partial charge in [-0.1, -0.05) is 39.3 Å². The van der Waals surface area contributed by atoms with Crippen molar-refractivity contribution in [1.29, 1.82) is 0 Å². The first kappa shape index (κ1) is 15.6. The summed E-state index contributed by atoms with van der Waals surface area (Å²) in [4.78, 5) is 0. The molecule has 0 aromatic carbocycles. The van der Waals surface area contributed by atoms with Crippen LogP contribution in [-0.2, 0) is 14.2 Å². The van der Waals surface area contributed by atoms with Crippen LogP contribution in [0, 0.1) is 11.8 Å². The largest absolute Gasteiger partial charge is 0.496 e. The van der Waals surface area contributed by atoms with E-state index in [0.717, 1.165) is 12.8 Å². The second-order valence-corrected chi connectivity index (χ2v) is 6.02. The summed E-state index contributed by atoms with van der Waals surface area (Å²) in [7, 11) is 0. The zero-order valence-corrected chi connectivity index (χ0v) is 13.3. The fourth-order valence-electron chi connectivity index (χ4n) is 2.84. The fourth-order valence-corrected chi connectivity index (χ4v) is 2.84. The molecule has 2 heterocycles. The molecule has 3 heteroatoms. The normalized spacial score (nSPS) is 41.1. The third-order valence-corrected chi connectivity index (χ3v) is 4.50. The minimum atomic E-state index is -0.165. The highest BCUT2D eigenvalue weighted by Gasteiger charge is 2.36. The molecule has 0 aromatic rings. The van der Waals surface area contributed by atoms with Gasteiger partial charge in [0.05, 0.1) is 12.4 Å². The minimum Gasteiger partial charge on any atom is -0.496 e. The van der Waals surface area contributed by atoms with Crippen molar-refractivity contribution in [2.75, 3.05) is 0 Å². The summed E-state index contributed by atoms with van der Waals surface area (Å²) in [6.45, 7) is 10.8. The van der Waals surface area contributed by atoms with Gasteiger partial charge in [0.25, 0.3) is 0 Å². The second-order valence-electron chi connectivity index (χ2n) is 6.02. The van der Waals surface area contributed by atoms with Gasteiger partial charge in [0.2, 0.25) is 0 Å². The Morgan fingerprint density at radius 1 is 1.20 bits per heavy atom. The molecule has 0 radical (unpaired) electrons. The van der Waals surface area contributed by atoms with Gasteiger partial charge in [-0.3, -0.25) is 0 Å². The number of rotatable bonds is 4. The lowest BCUT2D eigenvalue weighted by Gasteiger charge is -2.39. The Bertz CT molecular complexity index is 374. The van der Waals surface area contributed by atoms with Gasteiger partial charge in [-0.05, 0) is 25.8 Å². The molecule has 2 rings (SSSR count). The van der Waals surface area contributed by atoms with Crippen molar-refractivity contribution in [3.63, 3.8) is 0 Å². The third kappa shape index (κ3) is 3.26. The van der Waals surface area contributed by atoms with E-state index in [1.807, 2.05) is 6.26 Å². The molecule has 0 aromatic heterocycles. The quantitative estimate of drug-likeness (QED) is 0.727. The van der Waals surface area contributed by atoms with Crippen LogP contribution >= 0.6 is 0 Å².